The van der Waals surface area contributed by atoms with Gasteiger partial charge in [-0.2, -0.15) is 26.3 Å². The molecule has 0 spiro atoms. The molecule has 0 nitrogen and oxygen atoms in total. The molecule has 37 heavy (non-hydrogen) atoms. The summed E-state index contributed by atoms with van der Waals surface area (Å²) >= 11 is 0. The van der Waals surface area contributed by atoms with Crippen molar-refractivity contribution in [3.05, 3.63) is 106 Å². The first kappa shape index (κ1) is 35.2. The van der Waals surface area contributed by atoms with Crippen molar-refractivity contribution < 1.29 is 77.0 Å². The molecule has 0 aliphatic carbocycles. The van der Waals surface area contributed by atoms with Gasteiger partial charge in [0.1, 0.15) is 0 Å². The zero-order valence-electron chi connectivity index (χ0n) is 20.5. The van der Waals surface area contributed by atoms with Crippen molar-refractivity contribution in [1.82, 2.24) is 0 Å². The van der Waals surface area contributed by atoms with Crippen LogP contribution in [-0.2, 0) is 38.2 Å². The Kier molecular flexibility index (Phi) is 13.1. The van der Waals surface area contributed by atoms with Crippen molar-refractivity contribution in [1.29, 1.82) is 0 Å². The fraction of sp³-hybridized carbons (Fsp3) is 0.214. The quantitative estimate of drug-likeness (QED) is 0.169. The van der Waals surface area contributed by atoms with Gasteiger partial charge in [0.2, 0.25) is 0 Å². The topological polar surface area (TPSA) is 0 Å². The van der Waals surface area contributed by atoms with Crippen molar-refractivity contribution >= 4 is 0 Å². The first-order valence-electron chi connectivity index (χ1n) is 10.6. The number of hydrogen-bond acceptors (Lipinski definition) is 0. The largest absolute Gasteiger partial charge is 4.00 e. The molecule has 4 aromatic rings. The van der Waals surface area contributed by atoms with Gasteiger partial charge >= 0.3 is 38.2 Å². The molecular weight excluding hydrogens is 700 g/mol. The van der Waals surface area contributed by atoms with Crippen LogP contribution in [0.1, 0.15) is 33.4 Å². The Bertz CT molecular complexity index is 1200. The van der Waals surface area contributed by atoms with Gasteiger partial charge in [0, 0.05) is 11.1 Å². The Balaban J connectivity index is 0.000000705. The minimum Gasteiger partial charge on any atom is -1.00 e. The summed E-state index contributed by atoms with van der Waals surface area (Å²) in [6, 6.07) is 19.7. The molecule has 4 rings (SSSR count). The molecule has 0 atom stereocenters. The van der Waals surface area contributed by atoms with E-state index in [1.165, 1.54) is 22.3 Å². The minimum absolute atomic E-state index is 0. The molecule has 4 aromatic carbocycles. The Morgan fingerprint density at radius 3 is 1.16 bits per heavy atom. The van der Waals surface area contributed by atoms with E-state index in [0.717, 1.165) is 23.3 Å². The van der Waals surface area contributed by atoms with Crippen LogP contribution in [-0.4, -0.2) is 0 Å². The van der Waals surface area contributed by atoms with E-state index in [-0.39, 0.29) is 62.3 Å². The molecule has 0 unspecified atom stereocenters. The number of aryl methyl sites for hydroxylation is 4. The Hall–Kier alpha value is -1.83. The SMILES string of the molecule is Cc1c[c-](-c2cc(C(F)(F)F)cc(C(F)(F)F)c2)cc1C.Cc1c[c-](-c2ccccc2)cc1C.[Cl-].[Cl-].[Hf+4]. The number of hydrogen-bond donors (Lipinski definition) is 0. The van der Waals surface area contributed by atoms with Crippen LogP contribution in [0.5, 0.6) is 0 Å². The van der Waals surface area contributed by atoms with Gasteiger partial charge in [0.15, 0.2) is 0 Å². The van der Waals surface area contributed by atoms with Crippen molar-refractivity contribution in [2.24, 2.45) is 0 Å². The van der Waals surface area contributed by atoms with Gasteiger partial charge in [-0.1, -0.05) is 63.1 Å². The number of alkyl halides is 6. The summed E-state index contributed by atoms with van der Waals surface area (Å²) in [5.74, 6) is 0. The number of rotatable bonds is 2. The molecule has 0 N–H and O–H groups in total. The summed E-state index contributed by atoms with van der Waals surface area (Å²) < 4.78 is 76.6. The summed E-state index contributed by atoms with van der Waals surface area (Å²) in [7, 11) is 0. The van der Waals surface area contributed by atoms with Gasteiger partial charge in [0.25, 0.3) is 0 Å². The standard InChI is InChI=1S/C15H11F6.C13H13.2ClH.Hf/c1-8-3-10(4-9(8)2)11-5-12(14(16,17)18)7-13(6-11)15(19,20)21;1-10-8-13(9-11(10)2)12-6-4-3-5-7-12;;;/h3-7H,1-2H3;3-9H,1-2H3;2*1H;/q2*-1;;;+4/p-2. The normalized spacial score (nSPS) is 10.9. The van der Waals surface area contributed by atoms with Crippen LogP contribution >= 0.6 is 0 Å². The fourth-order valence-corrected chi connectivity index (χ4v) is 3.56. The molecule has 196 valence electrons. The number of halogens is 8. The summed E-state index contributed by atoms with van der Waals surface area (Å²) in [5, 5.41) is 0. The van der Waals surface area contributed by atoms with Crippen molar-refractivity contribution in [2.45, 2.75) is 40.0 Å². The Morgan fingerprint density at radius 2 is 0.838 bits per heavy atom. The summed E-state index contributed by atoms with van der Waals surface area (Å²) in [5.41, 5.74) is 4.67. The van der Waals surface area contributed by atoms with Crippen molar-refractivity contribution in [3.8, 4) is 22.3 Å². The maximum Gasteiger partial charge on any atom is 4.00 e. The molecule has 0 heterocycles. The monoisotopic (exact) mass is 724 g/mol. The third kappa shape index (κ3) is 9.15. The van der Waals surface area contributed by atoms with Crippen LogP contribution in [0, 0.1) is 27.7 Å². The van der Waals surface area contributed by atoms with Gasteiger partial charge in [-0.15, -0.1) is 81.9 Å². The molecule has 0 fully saturated rings. The molecule has 0 aliphatic heterocycles. The molecule has 0 saturated heterocycles. The predicted molar refractivity (Wildman–Crippen MR) is 124 cm³/mol. The van der Waals surface area contributed by atoms with E-state index < -0.39 is 23.5 Å². The molecule has 0 amide bonds. The van der Waals surface area contributed by atoms with Crippen LogP contribution in [0.4, 0.5) is 26.3 Å². The molecule has 9 heteroatoms. The summed E-state index contributed by atoms with van der Waals surface area (Å²) in [4.78, 5) is 0. The van der Waals surface area contributed by atoms with Gasteiger partial charge in [0.05, 0.1) is 0 Å². The average molecular weight is 724 g/mol. The minimum atomic E-state index is -4.83. The smallest absolute Gasteiger partial charge is 1.00 e. The van der Waals surface area contributed by atoms with E-state index >= 15 is 0 Å². The van der Waals surface area contributed by atoms with Gasteiger partial charge in [-0.25, -0.2) is 0 Å². The third-order valence-corrected chi connectivity index (χ3v) is 5.76. The van der Waals surface area contributed by atoms with Crippen LogP contribution in [0.2, 0.25) is 0 Å². The van der Waals surface area contributed by atoms with E-state index in [2.05, 4.69) is 50.2 Å². The Labute approximate surface area is 244 Å². The second-order valence-corrected chi connectivity index (χ2v) is 8.38. The number of benzene rings is 2. The third-order valence-electron chi connectivity index (χ3n) is 5.76. The van der Waals surface area contributed by atoms with E-state index in [1.807, 2.05) is 6.07 Å². The van der Waals surface area contributed by atoms with Crippen molar-refractivity contribution in [3.63, 3.8) is 0 Å². The van der Waals surface area contributed by atoms with Crippen LogP contribution in [0.25, 0.3) is 22.3 Å². The molecule has 0 bridgehead atoms. The zero-order valence-corrected chi connectivity index (χ0v) is 25.6. The van der Waals surface area contributed by atoms with Gasteiger partial charge in [-0.05, 0) is 0 Å². The maximum absolute atomic E-state index is 12.8. The molecule has 0 aromatic heterocycles. The van der Waals surface area contributed by atoms with Crippen molar-refractivity contribution in [2.75, 3.05) is 0 Å². The van der Waals surface area contributed by atoms with Crippen LogP contribution in [0.15, 0.2) is 72.8 Å². The first-order valence-corrected chi connectivity index (χ1v) is 10.6. The second-order valence-electron chi connectivity index (χ2n) is 8.38. The van der Waals surface area contributed by atoms with E-state index in [1.54, 1.807) is 26.0 Å². The van der Waals surface area contributed by atoms with Gasteiger partial charge in [-0.3, -0.25) is 0 Å². The van der Waals surface area contributed by atoms with E-state index in [0.29, 0.717) is 5.56 Å². The Morgan fingerprint density at radius 1 is 0.514 bits per heavy atom. The second kappa shape index (κ2) is 13.8. The first-order chi connectivity index (χ1) is 15.8. The van der Waals surface area contributed by atoms with Crippen LogP contribution in [0.3, 0.4) is 0 Å². The maximum atomic E-state index is 12.8. The molecule has 0 saturated carbocycles. The van der Waals surface area contributed by atoms with E-state index in [4.69, 9.17) is 0 Å². The average Bonchev–Trinajstić information content (AvgIpc) is 3.28. The zero-order chi connectivity index (χ0) is 25.3. The van der Waals surface area contributed by atoms with E-state index in [9.17, 15) is 26.3 Å². The molecular formula is C28H24Cl2F6Hf. The fourth-order valence-electron chi connectivity index (χ4n) is 3.56. The predicted octanol–water partition coefficient (Wildman–Crippen LogP) is 3.42. The van der Waals surface area contributed by atoms with Gasteiger partial charge < -0.3 is 24.8 Å². The molecule has 0 radical (unpaired) electrons. The summed E-state index contributed by atoms with van der Waals surface area (Å²) in [6.07, 6.45) is -9.65. The molecule has 0 aliphatic rings. The van der Waals surface area contributed by atoms with Crippen LogP contribution < -0.4 is 24.8 Å². The summed E-state index contributed by atoms with van der Waals surface area (Å²) in [6.45, 7) is 7.80.